The predicted molar refractivity (Wildman–Crippen MR) is 85.8 cm³/mol. The van der Waals surface area contributed by atoms with Gasteiger partial charge >= 0.3 is 0 Å². The number of nitrogens with zero attached hydrogens (tertiary/aromatic N) is 2. The van der Waals surface area contributed by atoms with Gasteiger partial charge in [-0.3, -0.25) is 4.90 Å². The Morgan fingerprint density at radius 2 is 1.86 bits per heavy atom. The molecule has 3 rings (SSSR count). The highest BCUT2D eigenvalue weighted by Crippen LogP contribution is 2.22. The quantitative estimate of drug-likeness (QED) is 0.884. The second-order valence-electron chi connectivity index (χ2n) is 5.78. The van der Waals surface area contributed by atoms with Crippen molar-refractivity contribution in [3.63, 3.8) is 0 Å². The van der Waals surface area contributed by atoms with E-state index in [0.717, 1.165) is 0 Å². The summed E-state index contributed by atoms with van der Waals surface area (Å²) >= 11 is 0. The van der Waals surface area contributed by atoms with Crippen molar-refractivity contribution < 1.29 is 8.42 Å². The van der Waals surface area contributed by atoms with Crippen LogP contribution in [0.4, 0.5) is 0 Å². The zero-order valence-electron chi connectivity index (χ0n) is 12.5. The van der Waals surface area contributed by atoms with Crippen LogP contribution in [-0.2, 0) is 10.0 Å². The number of nitrogens with one attached hydrogen (secondary N) is 2. The standard InChI is InChI=1S/C15H22N4O2S/c20-22(21,14-9-5-2-6-10-14)18-15-16-11-19(12-17-15)13-7-3-1-4-8-13/h2,5-6,9-10,13H,1,3-4,7-8,11-12H2,(H2,16,17,18). The summed E-state index contributed by atoms with van der Waals surface area (Å²) in [7, 11) is -3.56. The van der Waals surface area contributed by atoms with Crippen LogP contribution in [0.25, 0.3) is 0 Å². The first kappa shape index (κ1) is 15.3. The number of hydrogen-bond donors (Lipinski definition) is 2. The van der Waals surface area contributed by atoms with E-state index in [4.69, 9.17) is 0 Å². The van der Waals surface area contributed by atoms with Crippen LogP contribution in [0, 0.1) is 0 Å². The van der Waals surface area contributed by atoms with Gasteiger partial charge in [-0.2, -0.15) is 0 Å². The lowest BCUT2D eigenvalue weighted by molar-refractivity contribution is 0.149. The van der Waals surface area contributed by atoms with Gasteiger partial charge in [0, 0.05) is 6.04 Å². The molecule has 0 unspecified atom stereocenters. The Hall–Kier alpha value is -1.60. The van der Waals surface area contributed by atoms with Crippen LogP contribution in [0.1, 0.15) is 32.1 Å². The van der Waals surface area contributed by atoms with Crippen molar-refractivity contribution in [1.29, 1.82) is 0 Å². The van der Waals surface area contributed by atoms with Gasteiger partial charge in [-0.25, -0.2) is 18.1 Å². The number of aliphatic imine (C=N–C) groups is 1. The smallest absolute Gasteiger partial charge is 0.264 e. The van der Waals surface area contributed by atoms with Crippen molar-refractivity contribution in [2.24, 2.45) is 4.99 Å². The Labute approximate surface area is 131 Å². The first-order valence-corrected chi connectivity index (χ1v) is 9.24. The molecule has 1 fully saturated rings. The van der Waals surface area contributed by atoms with Crippen molar-refractivity contribution in [2.75, 3.05) is 13.3 Å². The van der Waals surface area contributed by atoms with E-state index in [1.54, 1.807) is 30.3 Å². The third-order valence-electron chi connectivity index (χ3n) is 4.24. The van der Waals surface area contributed by atoms with Gasteiger partial charge in [0.1, 0.15) is 0 Å². The van der Waals surface area contributed by atoms with Crippen LogP contribution in [0.2, 0.25) is 0 Å². The number of guanidine groups is 1. The fourth-order valence-corrected chi connectivity index (χ4v) is 4.01. The average molecular weight is 322 g/mol. The lowest BCUT2D eigenvalue weighted by Gasteiger charge is -2.35. The Balaban J connectivity index is 1.61. The van der Waals surface area contributed by atoms with Gasteiger partial charge in [0.05, 0.1) is 18.2 Å². The van der Waals surface area contributed by atoms with E-state index in [2.05, 4.69) is 19.9 Å². The molecule has 1 heterocycles. The summed E-state index contributed by atoms with van der Waals surface area (Å²) < 4.78 is 27.0. The third-order valence-corrected chi connectivity index (χ3v) is 5.59. The van der Waals surface area contributed by atoms with Gasteiger partial charge in [-0.1, -0.05) is 37.5 Å². The zero-order valence-corrected chi connectivity index (χ0v) is 13.3. The second kappa shape index (κ2) is 6.66. The molecule has 1 saturated carbocycles. The molecule has 0 aromatic heterocycles. The van der Waals surface area contributed by atoms with E-state index in [1.807, 2.05) is 0 Å². The highest BCUT2D eigenvalue weighted by molar-refractivity contribution is 7.90. The molecule has 0 amide bonds. The molecule has 1 aromatic rings. The summed E-state index contributed by atoms with van der Waals surface area (Å²) in [6.45, 7) is 1.19. The van der Waals surface area contributed by atoms with Crippen molar-refractivity contribution in [1.82, 2.24) is 14.9 Å². The van der Waals surface area contributed by atoms with Crippen LogP contribution < -0.4 is 10.0 Å². The third kappa shape index (κ3) is 3.59. The van der Waals surface area contributed by atoms with Crippen LogP contribution in [0.5, 0.6) is 0 Å². The fourth-order valence-electron chi connectivity index (χ4n) is 2.99. The van der Waals surface area contributed by atoms with Crippen LogP contribution in [-0.4, -0.2) is 38.7 Å². The van der Waals surface area contributed by atoms with Gasteiger partial charge in [-0.15, -0.1) is 0 Å². The minimum absolute atomic E-state index is 0.245. The maximum Gasteiger partial charge on any atom is 0.264 e. The highest BCUT2D eigenvalue weighted by atomic mass is 32.2. The van der Waals surface area contributed by atoms with Gasteiger partial charge in [-0.05, 0) is 25.0 Å². The molecule has 7 heteroatoms. The van der Waals surface area contributed by atoms with Crippen LogP contribution in [0.15, 0.2) is 40.2 Å². The molecule has 1 aromatic carbocycles. The molecule has 1 aliphatic carbocycles. The molecule has 0 saturated heterocycles. The number of hydrogen-bond acceptors (Lipinski definition) is 5. The lowest BCUT2D eigenvalue weighted by Crippen LogP contribution is -2.53. The molecule has 120 valence electrons. The Bertz CT molecular complexity index is 624. The maximum absolute atomic E-state index is 12.2. The number of benzene rings is 1. The van der Waals surface area contributed by atoms with Crippen molar-refractivity contribution >= 4 is 16.0 Å². The molecule has 22 heavy (non-hydrogen) atoms. The Morgan fingerprint density at radius 1 is 1.14 bits per heavy atom. The van der Waals surface area contributed by atoms with Crippen LogP contribution in [0.3, 0.4) is 0 Å². The molecule has 2 N–H and O–H groups in total. The molecule has 2 aliphatic rings. The average Bonchev–Trinajstić information content (AvgIpc) is 2.57. The van der Waals surface area contributed by atoms with Crippen LogP contribution >= 0.6 is 0 Å². The summed E-state index contributed by atoms with van der Waals surface area (Å²) in [5.41, 5.74) is 0. The molecule has 0 bridgehead atoms. The SMILES string of the molecule is O=S(=O)(NC1=NCN(C2CCCCC2)CN1)c1ccccc1. The topological polar surface area (TPSA) is 73.8 Å². The highest BCUT2D eigenvalue weighted by Gasteiger charge is 2.24. The molecular formula is C15H22N4O2S. The molecule has 0 atom stereocenters. The monoisotopic (exact) mass is 322 g/mol. The Morgan fingerprint density at radius 3 is 2.50 bits per heavy atom. The summed E-state index contributed by atoms with van der Waals surface area (Å²) in [5, 5.41) is 3.08. The van der Waals surface area contributed by atoms with E-state index < -0.39 is 10.0 Å². The summed E-state index contributed by atoms with van der Waals surface area (Å²) in [5.74, 6) is 0.330. The molecular weight excluding hydrogens is 300 g/mol. The second-order valence-corrected chi connectivity index (χ2v) is 7.46. The van der Waals surface area contributed by atoms with E-state index in [1.165, 1.54) is 32.1 Å². The zero-order chi connectivity index (χ0) is 15.4. The fraction of sp³-hybridized carbons (Fsp3) is 0.533. The minimum Gasteiger partial charge on any atom is -0.343 e. The van der Waals surface area contributed by atoms with Gasteiger partial charge in [0.25, 0.3) is 10.0 Å². The largest absolute Gasteiger partial charge is 0.343 e. The van der Waals surface area contributed by atoms with E-state index in [0.29, 0.717) is 25.3 Å². The summed E-state index contributed by atoms with van der Waals surface area (Å²) in [6.07, 6.45) is 6.30. The Kier molecular flexibility index (Phi) is 4.63. The van der Waals surface area contributed by atoms with Crippen molar-refractivity contribution in [2.45, 2.75) is 43.0 Å². The predicted octanol–water partition coefficient (Wildman–Crippen LogP) is 1.47. The van der Waals surface area contributed by atoms with E-state index in [-0.39, 0.29) is 4.90 Å². The van der Waals surface area contributed by atoms with Crippen molar-refractivity contribution in [3.8, 4) is 0 Å². The van der Waals surface area contributed by atoms with Gasteiger partial charge < -0.3 is 5.32 Å². The normalized spacial score (nSPS) is 21.0. The molecule has 0 spiro atoms. The van der Waals surface area contributed by atoms with Gasteiger partial charge in [0.2, 0.25) is 5.96 Å². The number of rotatable bonds is 3. The summed E-state index contributed by atoms with van der Waals surface area (Å²) in [4.78, 5) is 6.86. The maximum atomic E-state index is 12.2. The first-order chi connectivity index (χ1) is 10.6. The van der Waals surface area contributed by atoms with E-state index in [9.17, 15) is 8.42 Å². The summed E-state index contributed by atoms with van der Waals surface area (Å²) in [6, 6.07) is 8.90. The molecule has 0 radical (unpaired) electrons. The molecule has 6 nitrogen and oxygen atoms in total. The molecule has 1 aliphatic heterocycles. The lowest BCUT2D eigenvalue weighted by atomic mass is 9.94. The number of sulfonamides is 1. The van der Waals surface area contributed by atoms with E-state index >= 15 is 0 Å². The first-order valence-electron chi connectivity index (χ1n) is 7.75. The minimum atomic E-state index is -3.56. The van der Waals surface area contributed by atoms with Gasteiger partial charge in [0.15, 0.2) is 0 Å². The van der Waals surface area contributed by atoms with Crippen molar-refractivity contribution in [3.05, 3.63) is 30.3 Å².